The monoisotopic (exact) mass is 326 g/mol. The highest BCUT2D eigenvalue weighted by Gasteiger charge is 2.15. The minimum Gasteiger partial charge on any atom is -0.321 e. The molecule has 0 amide bonds. The predicted molar refractivity (Wildman–Crippen MR) is 82.0 cm³/mol. The molecular formula is C15H13ClF2N2S. The third-order valence-corrected chi connectivity index (χ3v) is 4.80. The van der Waals surface area contributed by atoms with Crippen LogP contribution in [-0.2, 0) is 18.8 Å². The summed E-state index contributed by atoms with van der Waals surface area (Å²) >= 11 is 7.59. The molecule has 6 heteroatoms. The van der Waals surface area contributed by atoms with Gasteiger partial charge in [0.2, 0.25) is 0 Å². The van der Waals surface area contributed by atoms with E-state index in [1.165, 1.54) is 10.9 Å². The van der Waals surface area contributed by atoms with Gasteiger partial charge in [-0.1, -0.05) is 6.92 Å². The maximum absolute atomic E-state index is 13.8. The molecular weight excluding hydrogens is 314 g/mol. The summed E-state index contributed by atoms with van der Waals surface area (Å²) in [4.78, 5) is 6.58. The largest absolute Gasteiger partial charge is 0.321 e. The van der Waals surface area contributed by atoms with Crippen molar-refractivity contribution >= 4 is 34.0 Å². The third kappa shape index (κ3) is 2.68. The van der Waals surface area contributed by atoms with Crippen LogP contribution in [0.25, 0.3) is 11.0 Å². The van der Waals surface area contributed by atoms with Crippen LogP contribution in [0.4, 0.5) is 8.78 Å². The van der Waals surface area contributed by atoms with Crippen LogP contribution in [0, 0.1) is 11.6 Å². The number of nitrogens with zero attached hydrogens (tertiary/aromatic N) is 2. The van der Waals surface area contributed by atoms with E-state index in [0.717, 1.165) is 17.4 Å². The van der Waals surface area contributed by atoms with Gasteiger partial charge in [-0.25, -0.2) is 13.8 Å². The number of halogens is 3. The van der Waals surface area contributed by atoms with E-state index in [-0.39, 0.29) is 11.4 Å². The van der Waals surface area contributed by atoms with E-state index in [1.807, 2.05) is 6.07 Å². The molecule has 2 nitrogen and oxygen atoms in total. The summed E-state index contributed by atoms with van der Waals surface area (Å²) in [6.45, 7) is 2.61. The van der Waals surface area contributed by atoms with E-state index in [1.54, 1.807) is 15.9 Å². The topological polar surface area (TPSA) is 17.8 Å². The molecule has 0 radical (unpaired) electrons. The molecule has 0 spiro atoms. The standard InChI is InChI=1S/C15H13ClF2N2S/c1-2-10-3-4-11(21-10)8-20-13-6-9(17)5-12(18)15(13)19-14(20)7-16/h3-6H,2,7-8H2,1H3. The molecule has 2 heterocycles. The summed E-state index contributed by atoms with van der Waals surface area (Å²) in [5.74, 6) is -0.567. The van der Waals surface area contributed by atoms with Crippen molar-refractivity contribution in [1.29, 1.82) is 0 Å². The van der Waals surface area contributed by atoms with Crippen molar-refractivity contribution in [2.75, 3.05) is 0 Å². The van der Waals surface area contributed by atoms with Crippen molar-refractivity contribution in [3.05, 3.63) is 51.5 Å². The first kappa shape index (κ1) is 14.5. The molecule has 2 aromatic heterocycles. The molecule has 1 aromatic carbocycles. The average molecular weight is 327 g/mol. The Balaban J connectivity index is 2.11. The van der Waals surface area contributed by atoms with Gasteiger partial charge < -0.3 is 4.57 Å². The maximum Gasteiger partial charge on any atom is 0.153 e. The molecule has 0 saturated heterocycles. The molecule has 0 aliphatic heterocycles. The highest BCUT2D eigenvalue weighted by molar-refractivity contribution is 7.11. The lowest BCUT2D eigenvalue weighted by Crippen LogP contribution is -2.02. The van der Waals surface area contributed by atoms with E-state index >= 15 is 0 Å². The number of thiophene rings is 1. The fourth-order valence-corrected chi connectivity index (χ4v) is 3.48. The summed E-state index contributed by atoms with van der Waals surface area (Å²) in [5.41, 5.74) is 0.605. The molecule has 0 unspecified atom stereocenters. The molecule has 0 aliphatic carbocycles. The molecule has 0 bridgehead atoms. The molecule has 110 valence electrons. The fraction of sp³-hybridized carbons (Fsp3) is 0.267. The molecule has 0 aliphatic rings. The smallest absolute Gasteiger partial charge is 0.153 e. The van der Waals surface area contributed by atoms with E-state index < -0.39 is 11.6 Å². The number of hydrogen-bond acceptors (Lipinski definition) is 2. The quantitative estimate of drug-likeness (QED) is 0.634. The lowest BCUT2D eigenvalue weighted by molar-refractivity contribution is 0.590. The van der Waals surface area contributed by atoms with Gasteiger partial charge in [0, 0.05) is 15.8 Å². The first-order chi connectivity index (χ1) is 10.1. The number of fused-ring (bicyclic) bond motifs is 1. The van der Waals surface area contributed by atoms with Crippen molar-refractivity contribution in [2.45, 2.75) is 25.8 Å². The minimum absolute atomic E-state index is 0.155. The summed E-state index contributed by atoms with van der Waals surface area (Å²) in [6.07, 6.45) is 0.973. The van der Waals surface area contributed by atoms with Gasteiger partial charge in [0.1, 0.15) is 17.2 Å². The molecule has 3 aromatic rings. The zero-order valence-electron chi connectivity index (χ0n) is 11.4. The van der Waals surface area contributed by atoms with Crippen molar-refractivity contribution in [1.82, 2.24) is 9.55 Å². The Kier molecular flexibility index (Phi) is 3.95. The molecule has 0 atom stereocenters. The Labute approximate surface area is 130 Å². The van der Waals surface area contributed by atoms with Crippen LogP contribution >= 0.6 is 22.9 Å². The number of aromatic nitrogens is 2. The van der Waals surface area contributed by atoms with E-state index in [9.17, 15) is 8.78 Å². The summed E-state index contributed by atoms with van der Waals surface area (Å²) < 4.78 is 29.1. The van der Waals surface area contributed by atoms with Gasteiger partial charge in [-0.3, -0.25) is 0 Å². The van der Waals surface area contributed by atoms with Crippen LogP contribution in [0.2, 0.25) is 0 Å². The number of benzene rings is 1. The lowest BCUT2D eigenvalue weighted by Gasteiger charge is -2.06. The van der Waals surface area contributed by atoms with Gasteiger partial charge in [0.15, 0.2) is 5.82 Å². The number of aryl methyl sites for hydroxylation is 1. The molecule has 0 fully saturated rings. The molecule has 21 heavy (non-hydrogen) atoms. The van der Waals surface area contributed by atoms with Crippen LogP contribution in [0.5, 0.6) is 0 Å². The van der Waals surface area contributed by atoms with Crippen molar-refractivity contribution < 1.29 is 8.78 Å². The van der Waals surface area contributed by atoms with Gasteiger partial charge >= 0.3 is 0 Å². The van der Waals surface area contributed by atoms with Gasteiger partial charge in [-0.2, -0.15) is 0 Å². The van der Waals surface area contributed by atoms with Crippen molar-refractivity contribution in [2.24, 2.45) is 0 Å². The van der Waals surface area contributed by atoms with Gasteiger partial charge in [-0.05, 0) is 24.6 Å². The van der Waals surface area contributed by atoms with Crippen LogP contribution in [0.15, 0.2) is 24.3 Å². The normalized spacial score (nSPS) is 11.4. The Morgan fingerprint density at radius 2 is 2.00 bits per heavy atom. The van der Waals surface area contributed by atoms with E-state index in [4.69, 9.17) is 11.6 Å². The Morgan fingerprint density at radius 1 is 1.24 bits per heavy atom. The summed E-state index contributed by atoms with van der Waals surface area (Å²) in [7, 11) is 0. The molecule has 3 rings (SSSR count). The number of alkyl halides is 1. The summed E-state index contributed by atoms with van der Waals surface area (Å²) in [5, 5.41) is 0. The average Bonchev–Trinajstić information content (AvgIpc) is 3.04. The number of rotatable bonds is 4. The van der Waals surface area contributed by atoms with Crippen LogP contribution < -0.4 is 0 Å². The SMILES string of the molecule is CCc1ccc(Cn2c(CCl)nc3c(F)cc(F)cc32)s1. The number of hydrogen-bond donors (Lipinski definition) is 0. The third-order valence-electron chi connectivity index (χ3n) is 3.35. The highest BCUT2D eigenvalue weighted by Crippen LogP contribution is 2.25. The first-order valence-corrected chi connectivity index (χ1v) is 7.95. The molecule has 0 saturated carbocycles. The second-order valence-corrected chi connectivity index (χ2v) is 6.24. The Hall–Kier alpha value is -1.46. The first-order valence-electron chi connectivity index (χ1n) is 6.60. The van der Waals surface area contributed by atoms with Crippen LogP contribution in [-0.4, -0.2) is 9.55 Å². The highest BCUT2D eigenvalue weighted by atomic mass is 35.5. The maximum atomic E-state index is 13.8. The van der Waals surface area contributed by atoms with Gasteiger partial charge in [-0.15, -0.1) is 22.9 Å². The fourth-order valence-electron chi connectivity index (χ4n) is 2.33. The van der Waals surface area contributed by atoms with E-state index in [0.29, 0.717) is 17.9 Å². The summed E-state index contributed by atoms with van der Waals surface area (Å²) in [6, 6.07) is 6.25. The van der Waals surface area contributed by atoms with Crippen molar-refractivity contribution in [3.63, 3.8) is 0 Å². The second-order valence-electron chi connectivity index (χ2n) is 4.72. The second kappa shape index (κ2) is 5.73. The van der Waals surface area contributed by atoms with Crippen LogP contribution in [0.3, 0.4) is 0 Å². The van der Waals surface area contributed by atoms with Crippen LogP contribution in [0.1, 0.15) is 22.5 Å². The van der Waals surface area contributed by atoms with Gasteiger partial charge in [0.05, 0.1) is 17.9 Å². The minimum atomic E-state index is -0.657. The Morgan fingerprint density at radius 3 is 2.67 bits per heavy atom. The lowest BCUT2D eigenvalue weighted by atomic mass is 10.3. The Bertz CT molecular complexity index is 794. The molecule has 0 N–H and O–H groups in total. The number of imidazole rings is 1. The van der Waals surface area contributed by atoms with Crippen molar-refractivity contribution in [3.8, 4) is 0 Å². The zero-order valence-corrected chi connectivity index (χ0v) is 12.9. The predicted octanol–water partition coefficient (Wildman–Crippen LogP) is 4.73. The zero-order chi connectivity index (χ0) is 15.0. The van der Waals surface area contributed by atoms with Gasteiger partial charge in [0.25, 0.3) is 0 Å². The van der Waals surface area contributed by atoms with E-state index in [2.05, 4.69) is 18.0 Å².